The van der Waals surface area contributed by atoms with Crippen molar-refractivity contribution in [2.24, 2.45) is 0 Å². The number of hydrogen-bond acceptors (Lipinski definition) is 3. The lowest BCUT2D eigenvalue weighted by molar-refractivity contribution is -0.118. The van der Waals surface area contributed by atoms with E-state index in [4.69, 9.17) is 5.41 Å². The molecule has 0 aromatic carbocycles. The second-order valence-corrected chi connectivity index (χ2v) is 7.32. The second kappa shape index (κ2) is 12.1. The van der Waals surface area contributed by atoms with Crippen molar-refractivity contribution < 1.29 is 4.79 Å². The van der Waals surface area contributed by atoms with Gasteiger partial charge in [-0.05, 0) is 6.42 Å². The van der Waals surface area contributed by atoms with E-state index in [-0.39, 0.29) is 11.2 Å². The van der Waals surface area contributed by atoms with Gasteiger partial charge in [0.1, 0.15) is 0 Å². The van der Waals surface area contributed by atoms with Crippen LogP contribution in [0.2, 0.25) is 0 Å². The number of unbranched alkanes of at least 4 members (excludes halogenated alkanes) is 11. The third kappa shape index (κ3) is 9.18. The molecule has 1 heterocycles. The fourth-order valence-corrected chi connectivity index (χ4v) is 3.67. The fraction of sp³-hybridized carbons (Fsp3) is 0.882. The summed E-state index contributed by atoms with van der Waals surface area (Å²) in [6.45, 7) is 2.27. The summed E-state index contributed by atoms with van der Waals surface area (Å²) in [5.74, 6) is 0.0353. The molecule has 0 aliphatic carbocycles. The highest BCUT2D eigenvalue weighted by Crippen LogP contribution is 2.23. The molecule has 2 N–H and O–H groups in total. The molecule has 1 saturated heterocycles. The Morgan fingerprint density at radius 1 is 0.905 bits per heavy atom. The topological polar surface area (TPSA) is 53.0 Å². The average molecular weight is 313 g/mol. The van der Waals surface area contributed by atoms with Crippen molar-refractivity contribution in [2.45, 2.75) is 95.6 Å². The minimum atomic E-state index is 0.000575. The van der Waals surface area contributed by atoms with Gasteiger partial charge in [-0.1, -0.05) is 95.7 Å². The Bertz CT molecular complexity index is 307. The van der Waals surface area contributed by atoms with Crippen molar-refractivity contribution in [3.63, 3.8) is 0 Å². The molecule has 122 valence electrons. The lowest BCUT2D eigenvalue weighted by atomic mass is 10.0. The zero-order valence-electron chi connectivity index (χ0n) is 13.6. The summed E-state index contributed by atoms with van der Waals surface area (Å²) in [6, 6.07) is 0. The zero-order chi connectivity index (χ0) is 15.3. The van der Waals surface area contributed by atoms with Crippen LogP contribution < -0.4 is 5.32 Å². The molecule has 4 heteroatoms. The van der Waals surface area contributed by atoms with Crippen LogP contribution in [0.5, 0.6) is 0 Å². The van der Waals surface area contributed by atoms with Crippen LogP contribution in [-0.4, -0.2) is 16.3 Å². The average Bonchev–Trinajstić information content (AvgIpc) is 2.78. The van der Waals surface area contributed by atoms with Crippen LogP contribution in [0.25, 0.3) is 0 Å². The Kier molecular flexibility index (Phi) is 10.7. The van der Waals surface area contributed by atoms with Crippen molar-refractivity contribution in [3.05, 3.63) is 0 Å². The first kappa shape index (κ1) is 18.5. The van der Waals surface area contributed by atoms with Crippen LogP contribution in [0.1, 0.15) is 90.4 Å². The summed E-state index contributed by atoms with van der Waals surface area (Å²) in [5, 5.41) is 10.3. The van der Waals surface area contributed by atoms with Gasteiger partial charge in [0.25, 0.3) is 0 Å². The Labute approximate surface area is 134 Å². The smallest absolute Gasteiger partial charge is 0.239 e. The minimum absolute atomic E-state index is 0.000575. The molecule has 0 bridgehead atoms. The molecule has 1 rings (SSSR count). The van der Waals surface area contributed by atoms with Crippen LogP contribution >= 0.6 is 11.8 Å². The molecule has 1 amide bonds. The monoisotopic (exact) mass is 312 g/mol. The van der Waals surface area contributed by atoms with Gasteiger partial charge in [0.2, 0.25) is 5.91 Å². The molecular formula is C17H32N2OS. The number of hydrogen-bond donors (Lipinski definition) is 2. The van der Waals surface area contributed by atoms with Gasteiger partial charge in [0.05, 0.1) is 5.25 Å². The molecule has 0 spiro atoms. The Morgan fingerprint density at radius 2 is 1.38 bits per heavy atom. The van der Waals surface area contributed by atoms with E-state index in [0.717, 1.165) is 12.8 Å². The van der Waals surface area contributed by atoms with E-state index in [2.05, 4.69) is 12.2 Å². The second-order valence-electron chi connectivity index (χ2n) is 6.10. The van der Waals surface area contributed by atoms with Gasteiger partial charge in [-0.25, -0.2) is 0 Å². The zero-order valence-corrected chi connectivity index (χ0v) is 14.4. The van der Waals surface area contributed by atoms with Crippen molar-refractivity contribution in [1.29, 1.82) is 5.41 Å². The van der Waals surface area contributed by atoms with E-state index >= 15 is 0 Å². The molecule has 1 aliphatic heterocycles. The van der Waals surface area contributed by atoms with Crippen LogP contribution in [0, 0.1) is 5.41 Å². The molecule has 1 aliphatic rings. The summed E-state index contributed by atoms with van der Waals surface area (Å²) < 4.78 is 0. The molecular weight excluding hydrogens is 280 g/mol. The number of carbonyl (C=O) groups excluding carboxylic acids is 1. The highest BCUT2D eigenvalue weighted by Gasteiger charge is 2.28. The molecule has 3 nitrogen and oxygen atoms in total. The number of amides is 1. The predicted octanol–water partition coefficient (Wildman–Crippen LogP) is 5.24. The van der Waals surface area contributed by atoms with Crippen molar-refractivity contribution in [3.8, 4) is 0 Å². The van der Waals surface area contributed by atoms with Gasteiger partial charge < -0.3 is 5.32 Å². The van der Waals surface area contributed by atoms with Crippen molar-refractivity contribution in [2.75, 3.05) is 0 Å². The molecule has 0 radical (unpaired) electrons. The molecule has 0 aromatic rings. The van der Waals surface area contributed by atoms with E-state index in [0.29, 0.717) is 5.17 Å². The van der Waals surface area contributed by atoms with Gasteiger partial charge >= 0.3 is 0 Å². The molecule has 0 aromatic heterocycles. The fourth-order valence-electron chi connectivity index (χ4n) is 2.78. The summed E-state index contributed by atoms with van der Waals surface area (Å²) in [5.41, 5.74) is 0. The SMILES string of the molecule is CCCCCCCCCCCCCCC1SC(=N)NC1=O. The minimum Gasteiger partial charge on any atom is -0.305 e. The Morgan fingerprint density at radius 3 is 1.81 bits per heavy atom. The van der Waals surface area contributed by atoms with Gasteiger partial charge in [-0.3, -0.25) is 10.2 Å². The summed E-state index contributed by atoms with van der Waals surface area (Å²) >= 11 is 1.38. The van der Waals surface area contributed by atoms with Crippen LogP contribution in [0.3, 0.4) is 0 Å². The van der Waals surface area contributed by atoms with Gasteiger partial charge in [0, 0.05) is 0 Å². The predicted molar refractivity (Wildman–Crippen MR) is 92.9 cm³/mol. The van der Waals surface area contributed by atoms with Gasteiger partial charge in [-0.15, -0.1) is 0 Å². The molecule has 0 saturated carbocycles. The Hall–Kier alpha value is -0.510. The van der Waals surface area contributed by atoms with E-state index in [1.54, 1.807) is 0 Å². The number of rotatable bonds is 13. The van der Waals surface area contributed by atoms with Gasteiger partial charge in [-0.2, -0.15) is 0 Å². The molecule has 21 heavy (non-hydrogen) atoms. The van der Waals surface area contributed by atoms with E-state index in [9.17, 15) is 4.79 Å². The molecule has 1 unspecified atom stereocenters. The maximum absolute atomic E-state index is 11.4. The highest BCUT2D eigenvalue weighted by atomic mass is 32.2. The number of nitrogens with one attached hydrogen (secondary N) is 2. The molecule has 1 atom stereocenters. The normalized spacial score (nSPS) is 18.2. The van der Waals surface area contributed by atoms with E-state index in [1.807, 2.05) is 0 Å². The first-order valence-corrected chi connectivity index (χ1v) is 9.68. The van der Waals surface area contributed by atoms with Crippen LogP contribution in [0.15, 0.2) is 0 Å². The maximum atomic E-state index is 11.4. The first-order chi connectivity index (χ1) is 10.2. The number of amidine groups is 1. The van der Waals surface area contributed by atoms with Crippen molar-refractivity contribution in [1.82, 2.24) is 5.32 Å². The Balaban J connectivity index is 1.79. The lowest BCUT2D eigenvalue weighted by Crippen LogP contribution is -2.24. The standard InChI is InChI=1S/C17H32N2OS/c1-2-3-4-5-6-7-8-9-10-11-12-13-14-15-16(20)19-17(18)21-15/h15H,2-14H2,1H3,(H2,18,19,20). The largest absolute Gasteiger partial charge is 0.305 e. The van der Waals surface area contributed by atoms with Crippen LogP contribution in [0.4, 0.5) is 0 Å². The van der Waals surface area contributed by atoms with E-state index < -0.39 is 0 Å². The number of thioether (sulfide) groups is 1. The summed E-state index contributed by atoms with van der Waals surface area (Å²) in [4.78, 5) is 11.4. The van der Waals surface area contributed by atoms with E-state index in [1.165, 1.54) is 82.4 Å². The first-order valence-electron chi connectivity index (χ1n) is 8.80. The molecule has 1 fully saturated rings. The van der Waals surface area contributed by atoms with Gasteiger partial charge in [0.15, 0.2) is 5.17 Å². The summed E-state index contributed by atoms with van der Waals surface area (Å²) in [6.07, 6.45) is 17.1. The third-order valence-electron chi connectivity index (χ3n) is 4.11. The highest BCUT2D eigenvalue weighted by molar-refractivity contribution is 8.15. The quantitative estimate of drug-likeness (QED) is 0.457. The van der Waals surface area contributed by atoms with Crippen LogP contribution in [-0.2, 0) is 4.79 Å². The number of carbonyl (C=O) groups is 1. The third-order valence-corrected chi connectivity index (χ3v) is 5.18. The maximum Gasteiger partial charge on any atom is 0.239 e. The lowest BCUT2D eigenvalue weighted by Gasteiger charge is -2.05. The van der Waals surface area contributed by atoms with Crippen molar-refractivity contribution >= 4 is 22.8 Å². The summed E-state index contributed by atoms with van der Waals surface area (Å²) in [7, 11) is 0.